The number of aromatic hydroxyl groups is 1. The molecule has 0 saturated heterocycles. The Morgan fingerprint density at radius 3 is 2.89 bits per heavy atom. The van der Waals surface area contributed by atoms with Gasteiger partial charge < -0.3 is 14.8 Å². The fraction of sp³-hybridized carbons (Fsp3) is 0.214. The van der Waals surface area contributed by atoms with Gasteiger partial charge in [0.15, 0.2) is 0 Å². The number of carbonyl (C=O) groups excluding carboxylic acids is 1. The number of carbonyl (C=O) groups is 1. The van der Waals surface area contributed by atoms with E-state index in [1.165, 1.54) is 0 Å². The van der Waals surface area contributed by atoms with Gasteiger partial charge in [-0.05, 0) is 36.8 Å². The zero-order chi connectivity index (χ0) is 13.0. The largest absolute Gasteiger partial charge is 0.506 e. The van der Waals surface area contributed by atoms with Crippen molar-refractivity contribution in [3.8, 4) is 5.75 Å². The van der Waals surface area contributed by atoms with Crippen molar-refractivity contribution in [3.05, 3.63) is 47.9 Å². The number of amides is 1. The molecule has 2 aromatic rings. The fourth-order valence-electron chi connectivity index (χ4n) is 1.65. The molecule has 1 heterocycles. The van der Waals surface area contributed by atoms with Gasteiger partial charge in [-0.25, -0.2) is 0 Å². The van der Waals surface area contributed by atoms with Crippen LogP contribution in [0.3, 0.4) is 0 Å². The molecule has 0 bridgehead atoms. The normalized spacial score (nSPS) is 10.3. The van der Waals surface area contributed by atoms with Crippen LogP contribution < -0.4 is 5.32 Å². The summed E-state index contributed by atoms with van der Waals surface area (Å²) >= 11 is 0. The second kappa shape index (κ2) is 5.40. The summed E-state index contributed by atoms with van der Waals surface area (Å²) in [6.45, 7) is 1.88. The molecular formula is C14H15NO3. The van der Waals surface area contributed by atoms with Gasteiger partial charge in [-0.1, -0.05) is 6.07 Å². The lowest BCUT2D eigenvalue weighted by atomic mass is 10.2. The van der Waals surface area contributed by atoms with E-state index in [1.807, 2.05) is 19.1 Å². The number of hydrogen-bond acceptors (Lipinski definition) is 3. The van der Waals surface area contributed by atoms with Crippen LogP contribution in [-0.4, -0.2) is 11.0 Å². The molecule has 1 amide bonds. The average molecular weight is 245 g/mol. The van der Waals surface area contributed by atoms with Crippen molar-refractivity contribution in [3.63, 3.8) is 0 Å². The molecule has 1 aromatic heterocycles. The third-order valence-corrected chi connectivity index (χ3v) is 2.61. The Kier molecular flexibility index (Phi) is 3.67. The van der Waals surface area contributed by atoms with Gasteiger partial charge >= 0.3 is 0 Å². The molecule has 0 radical (unpaired) electrons. The van der Waals surface area contributed by atoms with Crippen LogP contribution >= 0.6 is 0 Å². The summed E-state index contributed by atoms with van der Waals surface area (Å²) in [5, 5.41) is 12.3. The zero-order valence-electron chi connectivity index (χ0n) is 10.1. The van der Waals surface area contributed by atoms with E-state index in [0.717, 1.165) is 11.3 Å². The first-order valence-corrected chi connectivity index (χ1v) is 5.77. The first-order chi connectivity index (χ1) is 8.65. The van der Waals surface area contributed by atoms with Crippen LogP contribution in [0.4, 0.5) is 5.69 Å². The molecular weight excluding hydrogens is 230 g/mol. The molecule has 0 unspecified atom stereocenters. The van der Waals surface area contributed by atoms with E-state index in [1.54, 1.807) is 24.5 Å². The van der Waals surface area contributed by atoms with Crippen molar-refractivity contribution in [2.45, 2.75) is 19.8 Å². The minimum atomic E-state index is -0.148. The van der Waals surface area contributed by atoms with Gasteiger partial charge in [-0.15, -0.1) is 0 Å². The van der Waals surface area contributed by atoms with E-state index in [4.69, 9.17) is 4.42 Å². The number of anilines is 1. The number of phenolic OH excluding ortho intramolecular Hbond substituents is 1. The van der Waals surface area contributed by atoms with E-state index >= 15 is 0 Å². The van der Waals surface area contributed by atoms with E-state index in [-0.39, 0.29) is 11.7 Å². The minimum Gasteiger partial charge on any atom is -0.506 e. The van der Waals surface area contributed by atoms with Crippen molar-refractivity contribution in [2.24, 2.45) is 0 Å². The maximum absolute atomic E-state index is 11.7. The van der Waals surface area contributed by atoms with Crippen molar-refractivity contribution in [2.75, 3.05) is 5.32 Å². The van der Waals surface area contributed by atoms with Crippen LogP contribution in [0.2, 0.25) is 0 Å². The molecule has 0 spiro atoms. The third kappa shape index (κ3) is 3.13. The number of hydrogen-bond donors (Lipinski definition) is 2. The van der Waals surface area contributed by atoms with Crippen molar-refractivity contribution >= 4 is 11.6 Å². The monoisotopic (exact) mass is 245 g/mol. The van der Waals surface area contributed by atoms with E-state index < -0.39 is 0 Å². The SMILES string of the molecule is Cc1ccc(NC(=O)CCc2ccco2)c(O)c1. The molecule has 0 aliphatic heterocycles. The predicted octanol–water partition coefficient (Wildman–Crippen LogP) is 2.86. The topological polar surface area (TPSA) is 62.5 Å². The number of furan rings is 1. The lowest BCUT2D eigenvalue weighted by molar-refractivity contribution is -0.116. The highest BCUT2D eigenvalue weighted by atomic mass is 16.3. The summed E-state index contributed by atoms with van der Waals surface area (Å²) < 4.78 is 5.14. The number of benzene rings is 1. The van der Waals surface area contributed by atoms with Crippen LogP contribution in [0.15, 0.2) is 41.0 Å². The quantitative estimate of drug-likeness (QED) is 0.814. The second-order valence-electron chi connectivity index (χ2n) is 4.15. The Hall–Kier alpha value is -2.23. The maximum Gasteiger partial charge on any atom is 0.224 e. The second-order valence-corrected chi connectivity index (χ2v) is 4.15. The van der Waals surface area contributed by atoms with E-state index in [9.17, 15) is 9.90 Å². The Labute approximate surface area is 105 Å². The van der Waals surface area contributed by atoms with Crippen molar-refractivity contribution in [1.82, 2.24) is 0 Å². The zero-order valence-corrected chi connectivity index (χ0v) is 10.1. The van der Waals surface area contributed by atoms with Gasteiger partial charge in [0, 0.05) is 12.8 Å². The Bertz CT molecular complexity index is 532. The predicted molar refractivity (Wildman–Crippen MR) is 68.5 cm³/mol. The van der Waals surface area contributed by atoms with Gasteiger partial charge in [-0.2, -0.15) is 0 Å². The number of aryl methyl sites for hydroxylation is 2. The van der Waals surface area contributed by atoms with Crippen LogP contribution in [0, 0.1) is 6.92 Å². The molecule has 2 N–H and O–H groups in total. The highest BCUT2D eigenvalue weighted by Crippen LogP contribution is 2.24. The standard InChI is InChI=1S/C14H15NO3/c1-10-4-6-12(13(16)9-10)15-14(17)7-5-11-3-2-8-18-11/h2-4,6,8-9,16H,5,7H2,1H3,(H,15,17). The Morgan fingerprint density at radius 1 is 1.39 bits per heavy atom. The molecule has 1 aromatic carbocycles. The molecule has 4 nitrogen and oxygen atoms in total. The molecule has 2 rings (SSSR count). The van der Waals surface area contributed by atoms with E-state index in [2.05, 4.69) is 5.32 Å². The smallest absolute Gasteiger partial charge is 0.224 e. The number of nitrogens with one attached hydrogen (secondary N) is 1. The molecule has 0 fully saturated rings. The first kappa shape index (κ1) is 12.2. The van der Waals surface area contributed by atoms with Crippen LogP contribution in [0.1, 0.15) is 17.7 Å². The summed E-state index contributed by atoms with van der Waals surface area (Å²) in [5.41, 5.74) is 1.38. The molecule has 94 valence electrons. The van der Waals surface area contributed by atoms with Crippen LogP contribution in [-0.2, 0) is 11.2 Å². The van der Waals surface area contributed by atoms with Crippen molar-refractivity contribution in [1.29, 1.82) is 0 Å². The van der Waals surface area contributed by atoms with Crippen molar-refractivity contribution < 1.29 is 14.3 Å². The van der Waals surface area contributed by atoms with Crippen LogP contribution in [0.25, 0.3) is 0 Å². The fourth-order valence-corrected chi connectivity index (χ4v) is 1.65. The third-order valence-electron chi connectivity index (χ3n) is 2.61. The minimum absolute atomic E-state index is 0.0846. The lowest BCUT2D eigenvalue weighted by Gasteiger charge is -2.07. The van der Waals surface area contributed by atoms with Gasteiger partial charge in [0.25, 0.3) is 0 Å². The maximum atomic E-state index is 11.7. The highest BCUT2D eigenvalue weighted by molar-refractivity contribution is 5.92. The summed E-state index contributed by atoms with van der Waals surface area (Å²) in [5.74, 6) is 0.713. The molecule has 0 aliphatic rings. The average Bonchev–Trinajstić information content (AvgIpc) is 2.83. The molecule has 0 atom stereocenters. The first-order valence-electron chi connectivity index (χ1n) is 5.77. The molecule has 4 heteroatoms. The summed E-state index contributed by atoms with van der Waals surface area (Å²) in [6, 6.07) is 8.76. The summed E-state index contributed by atoms with van der Waals surface area (Å²) in [4.78, 5) is 11.7. The number of phenols is 1. The van der Waals surface area contributed by atoms with E-state index in [0.29, 0.717) is 18.5 Å². The summed E-state index contributed by atoms with van der Waals surface area (Å²) in [7, 11) is 0. The Balaban J connectivity index is 1.91. The molecule has 0 saturated carbocycles. The molecule has 0 aliphatic carbocycles. The van der Waals surface area contributed by atoms with Crippen LogP contribution in [0.5, 0.6) is 5.75 Å². The Morgan fingerprint density at radius 2 is 2.22 bits per heavy atom. The van der Waals surface area contributed by atoms with Gasteiger partial charge in [0.2, 0.25) is 5.91 Å². The number of rotatable bonds is 4. The molecule has 18 heavy (non-hydrogen) atoms. The van der Waals surface area contributed by atoms with Gasteiger partial charge in [-0.3, -0.25) is 4.79 Å². The van der Waals surface area contributed by atoms with Gasteiger partial charge in [0.1, 0.15) is 11.5 Å². The highest BCUT2D eigenvalue weighted by Gasteiger charge is 2.07. The lowest BCUT2D eigenvalue weighted by Crippen LogP contribution is -2.12. The van der Waals surface area contributed by atoms with Gasteiger partial charge in [0.05, 0.1) is 12.0 Å². The summed E-state index contributed by atoms with van der Waals surface area (Å²) in [6.07, 6.45) is 2.45.